The summed E-state index contributed by atoms with van der Waals surface area (Å²) in [5.74, 6) is 0.316. The largest absolute Gasteiger partial charge is 0.507 e. The molecule has 0 unspecified atom stereocenters. The summed E-state index contributed by atoms with van der Waals surface area (Å²) in [6, 6.07) is 14.3. The molecule has 0 bridgehead atoms. The predicted molar refractivity (Wildman–Crippen MR) is 104 cm³/mol. The van der Waals surface area contributed by atoms with Gasteiger partial charge in [-0.15, -0.1) is 0 Å². The van der Waals surface area contributed by atoms with Gasteiger partial charge in [-0.05, 0) is 38.1 Å². The summed E-state index contributed by atoms with van der Waals surface area (Å²) in [7, 11) is 4.11. The van der Waals surface area contributed by atoms with Gasteiger partial charge in [-0.25, -0.2) is 0 Å². The zero-order valence-corrected chi connectivity index (χ0v) is 15.4. The Morgan fingerprint density at radius 2 is 2.00 bits per heavy atom. The molecule has 0 radical (unpaired) electrons. The van der Waals surface area contributed by atoms with Crippen molar-refractivity contribution in [3.63, 3.8) is 0 Å². The molecule has 0 aliphatic carbocycles. The minimum atomic E-state index is 0.316. The zero-order chi connectivity index (χ0) is 17.3. The van der Waals surface area contributed by atoms with Gasteiger partial charge in [0, 0.05) is 42.5 Å². The van der Waals surface area contributed by atoms with E-state index in [2.05, 4.69) is 60.7 Å². The third-order valence-electron chi connectivity index (χ3n) is 4.38. The van der Waals surface area contributed by atoms with E-state index in [1.54, 1.807) is 11.3 Å². The lowest BCUT2D eigenvalue weighted by Crippen LogP contribution is -2.29. The molecule has 124 valence electrons. The van der Waals surface area contributed by atoms with Crippen molar-refractivity contribution < 1.29 is 9.67 Å². The molecule has 24 heavy (non-hydrogen) atoms. The number of rotatable bonds is 4. The Kier molecular flexibility index (Phi) is 4.58. The molecule has 3 nitrogen and oxygen atoms in total. The Balaban J connectivity index is 1.99. The number of allylic oxidation sites excluding steroid dienone is 1. The van der Waals surface area contributed by atoms with Gasteiger partial charge in [0.2, 0.25) is 5.52 Å². The third kappa shape index (κ3) is 3.02. The van der Waals surface area contributed by atoms with E-state index in [0.29, 0.717) is 5.75 Å². The number of aromatic hydroxyl groups is 1. The zero-order valence-electron chi connectivity index (χ0n) is 14.6. The maximum atomic E-state index is 10.4. The van der Waals surface area contributed by atoms with Gasteiger partial charge in [-0.1, -0.05) is 23.5 Å². The second kappa shape index (κ2) is 6.65. The molecule has 0 saturated carbocycles. The number of nitrogens with zero attached hydrogens (tertiary/aromatic N) is 2. The van der Waals surface area contributed by atoms with Crippen molar-refractivity contribution in [1.29, 1.82) is 0 Å². The summed E-state index contributed by atoms with van der Waals surface area (Å²) in [5, 5.41) is 11.6. The van der Waals surface area contributed by atoms with E-state index < -0.39 is 0 Å². The van der Waals surface area contributed by atoms with Gasteiger partial charge >= 0.3 is 0 Å². The molecule has 1 aromatic heterocycles. The molecule has 1 heterocycles. The molecule has 3 aromatic rings. The number of hydrogen-bond donors (Lipinski definition) is 1. The molecule has 0 spiro atoms. The van der Waals surface area contributed by atoms with Crippen LogP contribution in [0.4, 0.5) is 5.69 Å². The lowest BCUT2D eigenvalue weighted by molar-refractivity contribution is -0.642. The van der Waals surface area contributed by atoms with E-state index in [1.165, 1.54) is 15.2 Å². The molecule has 4 heteroatoms. The second-order valence-corrected chi connectivity index (χ2v) is 7.05. The number of phenols is 1. The van der Waals surface area contributed by atoms with Crippen LogP contribution in [0.5, 0.6) is 5.75 Å². The van der Waals surface area contributed by atoms with Crippen molar-refractivity contribution in [1.82, 2.24) is 0 Å². The van der Waals surface area contributed by atoms with Gasteiger partial charge in [0.1, 0.15) is 17.5 Å². The number of phenolic OH excluding ortho intramolecular Hbond substituents is 1. The molecule has 2 aromatic carbocycles. The van der Waals surface area contributed by atoms with Gasteiger partial charge in [-0.3, -0.25) is 0 Å². The van der Waals surface area contributed by atoms with E-state index in [4.69, 9.17) is 0 Å². The van der Waals surface area contributed by atoms with Crippen molar-refractivity contribution in [2.75, 3.05) is 18.5 Å². The van der Waals surface area contributed by atoms with E-state index >= 15 is 0 Å². The molecule has 0 atom stereocenters. The molecule has 3 rings (SSSR count). The second-order valence-electron chi connectivity index (χ2n) is 6.02. The molecule has 0 aliphatic heterocycles. The lowest BCUT2D eigenvalue weighted by atomic mass is 10.1. The summed E-state index contributed by atoms with van der Waals surface area (Å²) < 4.78 is 3.48. The van der Waals surface area contributed by atoms with Crippen LogP contribution in [-0.4, -0.2) is 18.7 Å². The highest BCUT2D eigenvalue weighted by molar-refractivity contribution is 7.19. The van der Waals surface area contributed by atoms with Crippen LogP contribution < -0.4 is 9.47 Å². The average molecular weight is 339 g/mol. The van der Waals surface area contributed by atoms with Crippen LogP contribution in [0, 0.1) is 0 Å². The van der Waals surface area contributed by atoms with Gasteiger partial charge < -0.3 is 10.0 Å². The Morgan fingerprint density at radius 3 is 2.67 bits per heavy atom. The van der Waals surface area contributed by atoms with Crippen molar-refractivity contribution in [2.24, 2.45) is 7.05 Å². The van der Waals surface area contributed by atoms with E-state index in [0.717, 1.165) is 23.4 Å². The summed E-state index contributed by atoms with van der Waals surface area (Å²) in [6.07, 6.45) is 2.05. The first-order valence-corrected chi connectivity index (χ1v) is 8.93. The predicted octanol–water partition coefficient (Wildman–Crippen LogP) is 4.45. The van der Waals surface area contributed by atoms with Crippen LogP contribution in [0.2, 0.25) is 0 Å². The number of fused-ring (bicyclic) bond motifs is 1. The normalized spacial score (nSPS) is 11.9. The van der Waals surface area contributed by atoms with Crippen LogP contribution in [0.1, 0.15) is 24.4 Å². The SMILES string of the molecule is CCN(C)c1ccc(/C=C(\C)c2sc3ccccc3[n+]2C)c(O)c1. The Bertz CT molecular complexity index is 911. The quantitative estimate of drug-likeness (QED) is 0.711. The molecule has 0 aliphatic rings. The number of hydrogen-bond acceptors (Lipinski definition) is 3. The number of aryl methyl sites for hydroxylation is 1. The highest BCUT2D eigenvalue weighted by Gasteiger charge is 2.18. The number of aromatic nitrogens is 1. The van der Waals surface area contributed by atoms with Crippen molar-refractivity contribution in [3.8, 4) is 5.75 Å². The van der Waals surface area contributed by atoms with Crippen LogP contribution in [0.25, 0.3) is 21.9 Å². The first-order chi connectivity index (χ1) is 11.5. The van der Waals surface area contributed by atoms with E-state index in [9.17, 15) is 5.11 Å². The number of thiazole rings is 1. The van der Waals surface area contributed by atoms with Gasteiger partial charge in [-0.2, -0.15) is 4.57 Å². The van der Waals surface area contributed by atoms with Crippen LogP contribution in [0.3, 0.4) is 0 Å². The fourth-order valence-corrected chi connectivity index (χ4v) is 3.94. The molecule has 0 fully saturated rings. The van der Waals surface area contributed by atoms with Gasteiger partial charge in [0.15, 0.2) is 0 Å². The molecular weight excluding hydrogens is 316 g/mol. The smallest absolute Gasteiger partial charge is 0.265 e. The van der Waals surface area contributed by atoms with Gasteiger partial charge in [0.25, 0.3) is 5.01 Å². The number of para-hydroxylation sites is 1. The Morgan fingerprint density at radius 1 is 1.25 bits per heavy atom. The van der Waals surface area contributed by atoms with Crippen molar-refractivity contribution in [3.05, 3.63) is 53.0 Å². The monoisotopic (exact) mass is 339 g/mol. The highest BCUT2D eigenvalue weighted by atomic mass is 32.1. The maximum absolute atomic E-state index is 10.4. The fourth-order valence-electron chi connectivity index (χ4n) is 2.82. The average Bonchev–Trinajstić information content (AvgIpc) is 2.93. The minimum Gasteiger partial charge on any atom is -0.507 e. The van der Waals surface area contributed by atoms with Gasteiger partial charge in [0.05, 0.1) is 0 Å². The molecular formula is C20H23N2OS+. The van der Waals surface area contributed by atoms with Crippen LogP contribution in [-0.2, 0) is 7.05 Å². The summed E-state index contributed by atoms with van der Waals surface area (Å²) in [5.41, 5.74) is 4.25. The summed E-state index contributed by atoms with van der Waals surface area (Å²) >= 11 is 1.77. The highest BCUT2D eigenvalue weighted by Crippen LogP contribution is 2.30. The molecule has 1 N–H and O–H groups in total. The standard InChI is InChI=1S/C20H22N2OS/c1-5-21(3)16-11-10-15(18(23)13-16)12-14(2)20-22(4)17-8-6-7-9-19(17)24-20/h6-13H,5H2,1-4H3/p+1. The Labute approximate surface area is 147 Å². The van der Waals surface area contributed by atoms with E-state index in [1.807, 2.05) is 25.2 Å². The summed E-state index contributed by atoms with van der Waals surface area (Å²) in [6.45, 7) is 5.10. The first kappa shape index (κ1) is 16.5. The molecule has 0 amide bonds. The van der Waals surface area contributed by atoms with Crippen LogP contribution >= 0.6 is 11.3 Å². The number of anilines is 1. The number of benzene rings is 2. The van der Waals surface area contributed by atoms with Crippen molar-refractivity contribution in [2.45, 2.75) is 13.8 Å². The maximum Gasteiger partial charge on any atom is 0.265 e. The lowest BCUT2D eigenvalue weighted by Gasteiger charge is -2.17. The fraction of sp³-hybridized carbons (Fsp3) is 0.250. The van der Waals surface area contributed by atoms with Crippen molar-refractivity contribution >= 4 is 38.9 Å². The molecule has 0 saturated heterocycles. The van der Waals surface area contributed by atoms with Crippen LogP contribution in [0.15, 0.2) is 42.5 Å². The Hall–Kier alpha value is -2.33. The minimum absolute atomic E-state index is 0.316. The first-order valence-electron chi connectivity index (χ1n) is 8.11. The summed E-state index contributed by atoms with van der Waals surface area (Å²) in [4.78, 5) is 2.10. The van der Waals surface area contributed by atoms with E-state index in [-0.39, 0.29) is 0 Å². The topological polar surface area (TPSA) is 27.4 Å². The third-order valence-corrected chi connectivity index (χ3v) is 5.73.